The van der Waals surface area contributed by atoms with Gasteiger partial charge in [-0.05, 0) is 37.1 Å². The number of furan rings is 1. The van der Waals surface area contributed by atoms with Gasteiger partial charge in [-0.3, -0.25) is 0 Å². The average molecular weight is 381 g/mol. The fourth-order valence-electron chi connectivity index (χ4n) is 3.78. The first-order chi connectivity index (χ1) is 13.7. The van der Waals surface area contributed by atoms with Gasteiger partial charge in [0, 0.05) is 30.9 Å². The maximum Gasteiger partial charge on any atom is 0.138 e. The zero-order chi connectivity index (χ0) is 19.1. The van der Waals surface area contributed by atoms with Crippen molar-refractivity contribution in [3.05, 3.63) is 96.1 Å². The number of para-hydroxylation sites is 2. The van der Waals surface area contributed by atoms with Crippen molar-refractivity contribution in [1.29, 1.82) is 0 Å². The van der Waals surface area contributed by atoms with E-state index in [4.69, 9.17) is 4.42 Å². The molecular formula is C26H20OS. The van der Waals surface area contributed by atoms with E-state index < -0.39 is 0 Å². The molecule has 0 saturated heterocycles. The summed E-state index contributed by atoms with van der Waals surface area (Å²) in [5, 5.41) is 5.19. The van der Waals surface area contributed by atoms with Gasteiger partial charge in [-0.25, -0.2) is 0 Å². The Balaban J connectivity index is 0.000000122. The largest absolute Gasteiger partial charge is 0.456 e. The second-order valence-corrected chi connectivity index (χ2v) is 8.15. The van der Waals surface area contributed by atoms with Gasteiger partial charge in [-0.1, -0.05) is 72.8 Å². The number of rotatable bonds is 0. The number of hydrogen-bond acceptors (Lipinski definition) is 2. The summed E-state index contributed by atoms with van der Waals surface area (Å²) >= 11 is 1.89. The Labute approximate surface area is 167 Å². The third-order valence-electron chi connectivity index (χ3n) is 5.20. The van der Waals surface area contributed by atoms with Crippen molar-refractivity contribution >= 4 is 53.4 Å². The van der Waals surface area contributed by atoms with Crippen LogP contribution < -0.4 is 0 Å². The van der Waals surface area contributed by atoms with E-state index in [2.05, 4.69) is 80.6 Å². The van der Waals surface area contributed by atoms with Gasteiger partial charge in [-0.2, -0.15) is 0 Å². The molecule has 0 aliphatic heterocycles. The highest BCUT2D eigenvalue weighted by molar-refractivity contribution is 7.26. The van der Waals surface area contributed by atoms with Crippen LogP contribution in [-0.4, -0.2) is 0 Å². The molecule has 6 aromatic rings. The molecule has 2 heteroatoms. The van der Waals surface area contributed by atoms with Gasteiger partial charge in [0.25, 0.3) is 0 Å². The fraction of sp³-hybridized carbons (Fsp3) is 0.0769. The molecule has 28 heavy (non-hydrogen) atoms. The molecule has 0 aliphatic rings. The number of aryl methyl sites for hydroxylation is 2. The highest BCUT2D eigenvalue weighted by atomic mass is 32.1. The summed E-state index contributed by atoms with van der Waals surface area (Å²) in [4.78, 5) is 0. The van der Waals surface area contributed by atoms with Gasteiger partial charge in [0.2, 0.25) is 0 Å². The Morgan fingerprint density at radius 3 is 2.07 bits per heavy atom. The van der Waals surface area contributed by atoms with Gasteiger partial charge in [0.1, 0.15) is 11.2 Å². The predicted octanol–water partition coefficient (Wildman–Crippen LogP) is 8.26. The highest BCUT2D eigenvalue weighted by Crippen LogP contribution is 2.35. The molecule has 0 aliphatic carbocycles. The predicted molar refractivity (Wildman–Crippen MR) is 123 cm³/mol. The van der Waals surface area contributed by atoms with E-state index >= 15 is 0 Å². The smallest absolute Gasteiger partial charge is 0.138 e. The molecule has 1 nitrogen and oxygen atoms in total. The topological polar surface area (TPSA) is 13.1 Å². The summed E-state index contributed by atoms with van der Waals surface area (Å²) in [5.41, 5.74) is 4.55. The van der Waals surface area contributed by atoms with E-state index in [-0.39, 0.29) is 0 Å². The Bertz CT molecular complexity index is 1320. The van der Waals surface area contributed by atoms with Crippen LogP contribution in [0.25, 0.3) is 42.1 Å². The molecular weight excluding hydrogens is 360 g/mol. The number of benzene rings is 4. The molecule has 2 heterocycles. The SMILES string of the molecule is Cc1cccc2c1oc1ccccc12.Cc1cccc2c1sc1ccccc12. The molecule has 0 amide bonds. The molecule has 0 saturated carbocycles. The fourth-order valence-corrected chi connectivity index (χ4v) is 4.95. The summed E-state index contributed by atoms with van der Waals surface area (Å²) in [6.45, 7) is 4.25. The molecule has 4 aromatic carbocycles. The monoisotopic (exact) mass is 380 g/mol. The molecule has 0 fully saturated rings. The van der Waals surface area contributed by atoms with Crippen LogP contribution in [0.4, 0.5) is 0 Å². The Morgan fingerprint density at radius 2 is 1.21 bits per heavy atom. The summed E-state index contributed by atoms with van der Waals surface area (Å²) in [6.07, 6.45) is 0. The second kappa shape index (κ2) is 6.81. The summed E-state index contributed by atoms with van der Waals surface area (Å²) in [7, 11) is 0. The van der Waals surface area contributed by atoms with Gasteiger partial charge in [0.05, 0.1) is 0 Å². The lowest BCUT2D eigenvalue weighted by Crippen LogP contribution is -1.70. The number of fused-ring (bicyclic) bond motifs is 6. The van der Waals surface area contributed by atoms with Gasteiger partial charge < -0.3 is 4.42 Å². The molecule has 0 atom stereocenters. The molecule has 0 unspecified atom stereocenters. The van der Waals surface area contributed by atoms with Crippen LogP contribution in [-0.2, 0) is 0 Å². The maximum absolute atomic E-state index is 5.78. The minimum Gasteiger partial charge on any atom is -0.456 e. The molecule has 2 aromatic heterocycles. The van der Waals surface area contributed by atoms with Gasteiger partial charge >= 0.3 is 0 Å². The second-order valence-electron chi connectivity index (χ2n) is 7.10. The molecule has 0 radical (unpaired) electrons. The quantitative estimate of drug-likeness (QED) is 0.258. The molecule has 6 rings (SSSR count). The lowest BCUT2D eigenvalue weighted by molar-refractivity contribution is 0.666. The lowest BCUT2D eigenvalue weighted by Gasteiger charge is -1.93. The minimum atomic E-state index is 0.969. The van der Waals surface area contributed by atoms with Crippen molar-refractivity contribution in [3.8, 4) is 0 Å². The Hall–Kier alpha value is -3.10. The van der Waals surface area contributed by atoms with E-state index in [0.29, 0.717) is 0 Å². The molecule has 0 spiro atoms. The summed E-state index contributed by atoms with van der Waals surface area (Å²) < 4.78 is 8.59. The minimum absolute atomic E-state index is 0.969. The van der Waals surface area contributed by atoms with Crippen molar-refractivity contribution in [2.24, 2.45) is 0 Å². The number of thiophene rings is 1. The average Bonchev–Trinajstić information content (AvgIpc) is 3.29. The molecule has 0 bridgehead atoms. The van der Waals surface area contributed by atoms with E-state index in [0.717, 1.165) is 11.2 Å². The zero-order valence-electron chi connectivity index (χ0n) is 15.9. The van der Waals surface area contributed by atoms with E-state index in [1.165, 1.54) is 42.1 Å². The third-order valence-corrected chi connectivity index (χ3v) is 6.52. The Morgan fingerprint density at radius 1 is 0.571 bits per heavy atom. The van der Waals surface area contributed by atoms with Crippen LogP contribution >= 0.6 is 11.3 Å². The molecule has 0 N–H and O–H groups in total. The van der Waals surface area contributed by atoms with Crippen molar-refractivity contribution in [2.45, 2.75) is 13.8 Å². The summed E-state index contributed by atoms with van der Waals surface area (Å²) in [5.74, 6) is 0. The first-order valence-corrected chi connectivity index (χ1v) is 10.3. The van der Waals surface area contributed by atoms with E-state index in [1.807, 2.05) is 29.5 Å². The number of hydrogen-bond donors (Lipinski definition) is 0. The first-order valence-electron chi connectivity index (χ1n) is 9.46. The standard InChI is InChI=1S/C13H10O.C13H10S/c2*1-9-5-4-7-11-10-6-2-3-8-12(10)14-13(9)11/h2*2-8H,1H3. The third kappa shape index (κ3) is 2.78. The van der Waals surface area contributed by atoms with Gasteiger partial charge in [-0.15, -0.1) is 11.3 Å². The normalized spacial score (nSPS) is 11.2. The highest BCUT2D eigenvalue weighted by Gasteiger charge is 2.06. The van der Waals surface area contributed by atoms with Crippen LogP contribution in [0.2, 0.25) is 0 Å². The maximum atomic E-state index is 5.78. The van der Waals surface area contributed by atoms with Crippen LogP contribution in [0, 0.1) is 13.8 Å². The van der Waals surface area contributed by atoms with Gasteiger partial charge in [0.15, 0.2) is 0 Å². The van der Waals surface area contributed by atoms with Crippen molar-refractivity contribution < 1.29 is 4.42 Å². The lowest BCUT2D eigenvalue weighted by atomic mass is 10.1. The van der Waals surface area contributed by atoms with E-state index in [1.54, 1.807) is 0 Å². The van der Waals surface area contributed by atoms with E-state index in [9.17, 15) is 0 Å². The van der Waals surface area contributed by atoms with Crippen LogP contribution in [0.1, 0.15) is 11.1 Å². The van der Waals surface area contributed by atoms with Crippen molar-refractivity contribution in [2.75, 3.05) is 0 Å². The van der Waals surface area contributed by atoms with Crippen LogP contribution in [0.3, 0.4) is 0 Å². The Kier molecular flexibility index (Phi) is 4.14. The van der Waals surface area contributed by atoms with Crippen LogP contribution in [0.5, 0.6) is 0 Å². The first kappa shape index (κ1) is 17.0. The van der Waals surface area contributed by atoms with Crippen molar-refractivity contribution in [1.82, 2.24) is 0 Å². The zero-order valence-corrected chi connectivity index (χ0v) is 16.7. The van der Waals surface area contributed by atoms with Crippen LogP contribution in [0.15, 0.2) is 89.3 Å². The van der Waals surface area contributed by atoms with Crippen molar-refractivity contribution in [3.63, 3.8) is 0 Å². The summed E-state index contributed by atoms with van der Waals surface area (Å²) in [6, 6.07) is 29.5. The molecule has 136 valence electrons.